The number of sulfonamides is 1. The van der Waals surface area contributed by atoms with E-state index in [0.717, 1.165) is 11.1 Å². The molecule has 1 heterocycles. The third-order valence-electron chi connectivity index (χ3n) is 5.89. The Hall–Kier alpha value is -1.60. The van der Waals surface area contributed by atoms with Gasteiger partial charge in [-0.2, -0.15) is 4.31 Å². The van der Waals surface area contributed by atoms with Gasteiger partial charge in [0.1, 0.15) is 0 Å². The summed E-state index contributed by atoms with van der Waals surface area (Å²) >= 11 is 12.1. The minimum absolute atomic E-state index is 0.0412. The monoisotopic (exact) mass is 482 g/mol. The van der Waals surface area contributed by atoms with E-state index < -0.39 is 10.0 Å². The van der Waals surface area contributed by atoms with Gasteiger partial charge in [0.05, 0.1) is 14.9 Å². The van der Waals surface area contributed by atoms with Gasteiger partial charge in [0.25, 0.3) is 0 Å². The Kier molecular flexibility index (Phi) is 7.36. The summed E-state index contributed by atoms with van der Waals surface area (Å²) in [5.41, 5.74) is 1.68. The molecule has 3 rings (SSSR count). The zero-order chi connectivity index (χ0) is 22.8. The first-order valence-electron chi connectivity index (χ1n) is 10.3. The largest absolute Gasteiger partial charge is 0.355 e. The standard InChI is InChI=1S/C23H28Cl2N2O3S/c1-16-4-7-19(8-5-16)31(29,30)27-12-10-17(11-13-27)22(28)26-15-23(2,3)18-6-9-20(24)21(25)14-18/h4-9,14,17H,10-13,15H2,1-3H3,(H,26,28). The molecule has 1 fully saturated rings. The minimum Gasteiger partial charge on any atom is -0.355 e. The highest BCUT2D eigenvalue weighted by atomic mass is 35.5. The number of carbonyl (C=O) groups is 1. The smallest absolute Gasteiger partial charge is 0.243 e. The lowest BCUT2D eigenvalue weighted by Gasteiger charge is -2.32. The summed E-state index contributed by atoms with van der Waals surface area (Å²) < 4.78 is 27.2. The topological polar surface area (TPSA) is 66.5 Å². The Bertz CT molecular complexity index is 1040. The molecule has 0 radical (unpaired) electrons. The molecule has 0 saturated carbocycles. The summed E-state index contributed by atoms with van der Waals surface area (Å²) in [6, 6.07) is 12.3. The molecule has 1 aliphatic heterocycles. The molecule has 31 heavy (non-hydrogen) atoms. The predicted molar refractivity (Wildman–Crippen MR) is 125 cm³/mol. The minimum atomic E-state index is -3.53. The molecule has 2 aromatic rings. The van der Waals surface area contributed by atoms with Gasteiger partial charge in [-0.15, -0.1) is 0 Å². The van der Waals surface area contributed by atoms with Crippen LogP contribution in [0.15, 0.2) is 47.4 Å². The van der Waals surface area contributed by atoms with Crippen LogP contribution in [0.2, 0.25) is 10.0 Å². The zero-order valence-electron chi connectivity index (χ0n) is 18.0. The van der Waals surface area contributed by atoms with Gasteiger partial charge in [0, 0.05) is 31.0 Å². The van der Waals surface area contributed by atoms with Crippen LogP contribution in [-0.2, 0) is 20.2 Å². The Morgan fingerprint density at radius 3 is 2.26 bits per heavy atom. The fourth-order valence-corrected chi connectivity index (χ4v) is 5.46. The number of benzene rings is 2. The van der Waals surface area contributed by atoms with E-state index in [2.05, 4.69) is 5.32 Å². The van der Waals surface area contributed by atoms with Crippen LogP contribution in [0.3, 0.4) is 0 Å². The molecule has 168 valence electrons. The number of carbonyl (C=O) groups excluding carboxylic acids is 1. The second-order valence-electron chi connectivity index (χ2n) is 8.72. The SMILES string of the molecule is Cc1ccc(S(=O)(=O)N2CCC(C(=O)NCC(C)(C)c3ccc(Cl)c(Cl)c3)CC2)cc1. The quantitative estimate of drug-likeness (QED) is 0.642. The number of aryl methyl sites for hydroxylation is 1. The van der Waals surface area contributed by atoms with Crippen molar-refractivity contribution in [3.8, 4) is 0 Å². The fourth-order valence-electron chi connectivity index (χ4n) is 3.69. The summed E-state index contributed by atoms with van der Waals surface area (Å²) in [4.78, 5) is 13.0. The first-order valence-corrected chi connectivity index (χ1v) is 12.5. The Morgan fingerprint density at radius 2 is 1.68 bits per heavy atom. The summed E-state index contributed by atoms with van der Waals surface area (Å²) in [7, 11) is -3.53. The van der Waals surface area contributed by atoms with Crippen LogP contribution in [0.25, 0.3) is 0 Å². The molecular weight excluding hydrogens is 455 g/mol. The molecule has 1 amide bonds. The summed E-state index contributed by atoms with van der Waals surface area (Å²) in [5.74, 6) is -0.241. The number of nitrogens with one attached hydrogen (secondary N) is 1. The van der Waals surface area contributed by atoms with Crippen LogP contribution in [0.1, 0.15) is 37.8 Å². The van der Waals surface area contributed by atoms with Gasteiger partial charge in [-0.25, -0.2) is 8.42 Å². The van der Waals surface area contributed by atoms with E-state index in [9.17, 15) is 13.2 Å². The molecule has 0 atom stereocenters. The number of amides is 1. The number of hydrogen-bond donors (Lipinski definition) is 1. The van der Waals surface area contributed by atoms with Gasteiger partial charge in [-0.3, -0.25) is 4.79 Å². The van der Waals surface area contributed by atoms with Gasteiger partial charge in [0.15, 0.2) is 0 Å². The van der Waals surface area contributed by atoms with Gasteiger partial charge in [-0.05, 0) is 49.6 Å². The number of piperidine rings is 1. The van der Waals surface area contributed by atoms with E-state index in [-0.39, 0.29) is 17.2 Å². The lowest BCUT2D eigenvalue weighted by atomic mass is 9.84. The molecule has 0 aromatic heterocycles. The van der Waals surface area contributed by atoms with Crippen molar-refractivity contribution in [2.75, 3.05) is 19.6 Å². The van der Waals surface area contributed by atoms with Crippen LogP contribution >= 0.6 is 23.2 Å². The average molecular weight is 483 g/mol. The first-order chi connectivity index (χ1) is 14.5. The molecule has 5 nitrogen and oxygen atoms in total. The summed E-state index contributed by atoms with van der Waals surface area (Å²) in [6.45, 7) is 7.11. The van der Waals surface area contributed by atoms with Crippen molar-refractivity contribution in [1.82, 2.24) is 9.62 Å². The lowest BCUT2D eigenvalue weighted by molar-refractivity contribution is -0.126. The van der Waals surface area contributed by atoms with Crippen molar-refractivity contribution < 1.29 is 13.2 Å². The predicted octanol–water partition coefficient (Wildman–Crippen LogP) is 4.80. The van der Waals surface area contributed by atoms with Crippen molar-refractivity contribution >= 4 is 39.1 Å². The van der Waals surface area contributed by atoms with Gasteiger partial charge < -0.3 is 5.32 Å². The molecular formula is C23H28Cl2N2O3S. The average Bonchev–Trinajstić information content (AvgIpc) is 2.74. The van der Waals surface area contributed by atoms with E-state index in [4.69, 9.17) is 23.2 Å². The number of nitrogens with zero attached hydrogens (tertiary/aromatic N) is 1. The summed E-state index contributed by atoms with van der Waals surface area (Å²) in [5, 5.41) is 4.02. The van der Waals surface area contributed by atoms with Gasteiger partial charge in [0.2, 0.25) is 15.9 Å². The van der Waals surface area contributed by atoms with E-state index in [0.29, 0.717) is 47.4 Å². The number of hydrogen-bond acceptors (Lipinski definition) is 3. The van der Waals surface area contributed by atoms with Gasteiger partial charge >= 0.3 is 0 Å². The second kappa shape index (κ2) is 9.49. The van der Waals surface area contributed by atoms with E-state index in [1.165, 1.54) is 4.31 Å². The van der Waals surface area contributed by atoms with Crippen LogP contribution in [0, 0.1) is 12.8 Å². The molecule has 0 unspecified atom stereocenters. The van der Waals surface area contributed by atoms with Crippen molar-refractivity contribution in [3.05, 3.63) is 63.6 Å². The highest BCUT2D eigenvalue weighted by molar-refractivity contribution is 7.89. The highest BCUT2D eigenvalue weighted by Gasteiger charge is 2.32. The summed E-state index contributed by atoms with van der Waals surface area (Å²) in [6.07, 6.45) is 1.01. The van der Waals surface area contributed by atoms with Crippen molar-refractivity contribution in [3.63, 3.8) is 0 Å². The molecule has 2 aromatic carbocycles. The first kappa shape index (κ1) is 24.1. The molecule has 0 spiro atoms. The van der Waals surface area contributed by atoms with Crippen LogP contribution in [0.5, 0.6) is 0 Å². The maximum Gasteiger partial charge on any atom is 0.243 e. The van der Waals surface area contributed by atoms with E-state index >= 15 is 0 Å². The van der Waals surface area contributed by atoms with Crippen LogP contribution < -0.4 is 5.32 Å². The Morgan fingerprint density at radius 1 is 1.06 bits per heavy atom. The third kappa shape index (κ3) is 5.61. The van der Waals surface area contributed by atoms with E-state index in [1.54, 1.807) is 30.3 Å². The van der Waals surface area contributed by atoms with Crippen molar-refractivity contribution in [1.29, 1.82) is 0 Å². The number of halogens is 2. The molecule has 1 aliphatic rings. The maximum absolute atomic E-state index is 12.8. The molecule has 1 saturated heterocycles. The Labute approximate surface area is 194 Å². The molecule has 1 N–H and O–H groups in total. The zero-order valence-corrected chi connectivity index (χ0v) is 20.3. The second-order valence-corrected chi connectivity index (χ2v) is 11.5. The molecule has 0 aliphatic carbocycles. The van der Waals surface area contributed by atoms with Crippen molar-refractivity contribution in [2.24, 2.45) is 5.92 Å². The van der Waals surface area contributed by atoms with E-state index in [1.807, 2.05) is 32.9 Å². The fraction of sp³-hybridized carbons (Fsp3) is 0.435. The maximum atomic E-state index is 12.8. The van der Waals surface area contributed by atoms with Crippen LogP contribution in [0.4, 0.5) is 0 Å². The number of rotatable bonds is 6. The third-order valence-corrected chi connectivity index (χ3v) is 8.54. The molecule has 8 heteroatoms. The lowest BCUT2D eigenvalue weighted by Crippen LogP contribution is -2.45. The molecule has 0 bridgehead atoms. The Balaban J connectivity index is 1.56. The normalized spacial score (nSPS) is 16.3. The highest BCUT2D eigenvalue weighted by Crippen LogP contribution is 2.30. The van der Waals surface area contributed by atoms with Crippen LogP contribution in [-0.4, -0.2) is 38.3 Å². The van der Waals surface area contributed by atoms with Gasteiger partial charge in [-0.1, -0.05) is 60.8 Å². The van der Waals surface area contributed by atoms with Crippen molar-refractivity contribution in [2.45, 2.75) is 43.9 Å².